The molecular formula is C22H30ClN5O. The second-order valence-corrected chi connectivity index (χ2v) is 8.53. The molecule has 29 heavy (non-hydrogen) atoms. The second-order valence-electron chi connectivity index (χ2n) is 8.13. The molecule has 2 aromatic rings. The highest BCUT2D eigenvalue weighted by Gasteiger charge is 2.25. The molecule has 1 atom stereocenters. The normalized spacial score (nSPS) is 20.9. The van der Waals surface area contributed by atoms with Crippen LogP contribution >= 0.6 is 11.6 Å². The fraction of sp³-hybridized carbons (Fsp3) is 0.545. The van der Waals surface area contributed by atoms with Crippen molar-refractivity contribution < 1.29 is 5.11 Å². The van der Waals surface area contributed by atoms with Crippen LogP contribution in [-0.4, -0.2) is 58.8 Å². The average molecular weight is 416 g/mol. The minimum atomic E-state index is 0.180. The summed E-state index contributed by atoms with van der Waals surface area (Å²) < 4.78 is 0. The van der Waals surface area contributed by atoms with E-state index in [2.05, 4.69) is 37.2 Å². The monoisotopic (exact) mass is 415 g/mol. The van der Waals surface area contributed by atoms with Crippen molar-refractivity contribution in [3.63, 3.8) is 0 Å². The van der Waals surface area contributed by atoms with E-state index in [0.29, 0.717) is 5.92 Å². The van der Waals surface area contributed by atoms with Gasteiger partial charge in [-0.25, -0.2) is 9.97 Å². The first-order chi connectivity index (χ1) is 14.2. The minimum absolute atomic E-state index is 0.180. The van der Waals surface area contributed by atoms with Gasteiger partial charge in [0.1, 0.15) is 18.0 Å². The van der Waals surface area contributed by atoms with Gasteiger partial charge in [-0.1, -0.05) is 29.8 Å². The number of aliphatic hydroxyl groups excluding tert-OH is 1. The van der Waals surface area contributed by atoms with Gasteiger partial charge in [-0.2, -0.15) is 0 Å². The summed E-state index contributed by atoms with van der Waals surface area (Å²) in [6, 6.07) is 10.3. The summed E-state index contributed by atoms with van der Waals surface area (Å²) in [5.74, 6) is 2.43. The fourth-order valence-corrected chi connectivity index (χ4v) is 4.59. The molecular weight excluding hydrogens is 386 g/mol. The molecule has 0 saturated carbocycles. The van der Waals surface area contributed by atoms with Crippen LogP contribution in [0.3, 0.4) is 0 Å². The van der Waals surface area contributed by atoms with Gasteiger partial charge < -0.3 is 15.3 Å². The summed E-state index contributed by atoms with van der Waals surface area (Å²) in [5.41, 5.74) is 1.21. The Balaban J connectivity index is 1.25. The van der Waals surface area contributed by atoms with E-state index >= 15 is 0 Å². The molecule has 1 aromatic carbocycles. The lowest BCUT2D eigenvalue weighted by molar-refractivity contribution is 0.182. The van der Waals surface area contributed by atoms with Crippen molar-refractivity contribution in [1.82, 2.24) is 14.9 Å². The van der Waals surface area contributed by atoms with Crippen LogP contribution in [0.25, 0.3) is 0 Å². The van der Waals surface area contributed by atoms with Gasteiger partial charge in [0.05, 0.1) is 12.6 Å². The summed E-state index contributed by atoms with van der Waals surface area (Å²) in [6.45, 7) is 5.18. The molecule has 1 unspecified atom stereocenters. The average Bonchev–Trinajstić information content (AvgIpc) is 3.24. The lowest BCUT2D eigenvalue weighted by Crippen LogP contribution is -2.35. The zero-order chi connectivity index (χ0) is 20.1. The van der Waals surface area contributed by atoms with Crippen molar-refractivity contribution in [3.05, 3.63) is 47.2 Å². The number of anilines is 2. The van der Waals surface area contributed by atoms with Gasteiger partial charge in [-0.05, 0) is 56.3 Å². The maximum atomic E-state index is 9.56. The number of aromatic nitrogens is 2. The van der Waals surface area contributed by atoms with Crippen molar-refractivity contribution in [2.45, 2.75) is 38.3 Å². The molecule has 2 aliphatic heterocycles. The van der Waals surface area contributed by atoms with E-state index < -0.39 is 0 Å². The van der Waals surface area contributed by atoms with E-state index in [0.717, 1.165) is 62.2 Å². The molecule has 0 aliphatic carbocycles. The number of hydrogen-bond donors (Lipinski definition) is 2. The van der Waals surface area contributed by atoms with Crippen molar-refractivity contribution in [2.75, 3.05) is 43.0 Å². The first kappa shape index (κ1) is 20.4. The van der Waals surface area contributed by atoms with Crippen LogP contribution in [-0.2, 0) is 6.54 Å². The van der Waals surface area contributed by atoms with E-state index in [1.165, 1.54) is 18.4 Å². The summed E-state index contributed by atoms with van der Waals surface area (Å²) in [4.78, 5) is 13.5. The Bertz CT molecular complexity index is 796. The summed E-state index contributed by atoms with van der Waals surface area (Å²) in [5, 5.41) is 13.9. The van der Waals surface area contributed by atoms with Crippen molar-refractivity contribution in [3.8, 4) is 0 Å². The van der Waals surface area contributed by atoms with Gasteiger partial charge in [0.15, 0.2) is 0 Å². The first-order valence-electron chi connectivity index (χ1n) is 10.6. The zero-order valence-electron chi connectivity index (χ0n) is 16.8. The number of rotatable bonds is 7. The van der Waals surface area contributed by atoms with E-state index in [4.69, 9.17) is 11.6 Å². The van der Waals surface area contributed by atoms with E-state index in [1.54, 1.807) is 6.33 Å². The summed E-state index contributed by atoms with van der Waals surface area (Å²) in [6.07, 6.45) is 6.10. The van der Waals surface area contributed by atoms with Crippen molar-refractivity contribution in [2.24, 2.45) is 5.92 Å². The van der Waals surface area contributed by atoms with Gasteiger partial charge in [-0.15, -0.1) is 0 Å². The van der Waals surface area contributed by atoms with Crippen LogP contribution in [0, 0.1) is 5.92 Å². The third-order valence-electron chi connectivity index (χ3n) is 6.17. The topological polar surface area (TPSA) is 64.5 Å². The van der Waals surface area contributed by atoms with Crippen LogP contribution < -0.4 is 10.2 Å². The highest BCUT2D eigenvalue weighted by atomic mass is 35.5. The maximum absolute atomic E-state index is 9.56. The van der Waals surface area contributed by atoms with Crippen molar-refractivity contribution in [1.29, 1.82) is 0 Å². The van der Waals surface area contributed by atoms with Crippen LogP contribution in [0.15, 0.2) is 36.7 Å². The highest BCUT2D eigenvalue weighted by Crippen LogP contribution is 2.26. The number of likely N-dealkylation sites (tertiary alicyclic amines) is 1. The number of hydrogen-bond acceptors (Lipinski definition) is 6. The van der Waals surface area contributed by atoms with Crippen LogP contribution in [0.5, 0.6) is 0 Å². The standard InChI is InChI=1S/C22H30ClN5O/c23-20-6-2-1-4-18(20)14-27-10-7-17(8-11-27)13-24-21-12-22(26-16-25-21)28-9-3-5-19(28)15-29/h1-2,4,6,12,16-17,19,29H,3,5,7-11,13-15H2,(H,24,25,26). The first-order valence-corrected chi connectivity index (χ1v) is 11.0. The minimum Gasteiger partial charge on any atom is -0.394 e. The fourth-order valence-electron chi connectivity index (χ4n) is 4.39. The van der Waals surface area contributed by atoms with Crippen molar-refractivity contribution >= 4 is 23.2 Å². The molecule has 0 amide bonds. The smallest absolute Gasteiger partial charge is 0.134 e. The van der Waals surface area contributed by atoms with E-state index in [-0.39, 0.29) is 12.6 Å². The number of benzene rings is 1. The molecule has 0 radical (unpaired) electrons. The van der Waals surface area contributed by atoms with Gasteiger partial charge in [0.2, 0.25) is 0 Å². The third-order valence-corrected chi connectivity index (χ3v) is 6.53. The molecule has 1 aromatic heterocycles. The highest BCUT2D eigenvalue weighted by molar-refractivity contribution is 6.31. The Morgan fingerprint density at radius 1 is 1.10 bits per heavy atom. The van der Waals surface area contributed by atoms with Gasteiger partial charge >= 0.3 is 0 Å². The number of halogens is 1. The van der Waals surface area contributed by atoms with Crippen LogP contribution in [0.4, 0.5) is 11.6 Å². The Labute approximate surface area is 177 Å². The largest absolute Gasteiger partial charge is 0.394 e. The third kappa shape index (κ3) is 5.18. The number of nitrogens with one attached hydrogen (secondary N) is 1. The molecule has 3 heterocycles. The zero-order valence-corrected chi connectivity index (χ0v) is 17.6. The summed E-state index contributed by atoms with van der Waals surface area (Å²) >= 11 is 6.30. The Morgan fingerprint density at radius 2 is 1.93 bits per heavy atom. The molecule has 2 saturated heterocycles. The Hall–Kier alpha value is -1.89. The van der Waals surface area contributed by atoms with Crippen LogP contribution in [0.1, 0.15) is 31.2 Å². The van der Waals surface area contributed by atoms with Gasteiger partial charge in [-0.3, -0.25) is 4.90 Å². The SMILES string of the molecule is OCC1CCCN1c1cc(NCC2CCN(Cc3ccccc3Cl)CC2)ncn1. The molecule has 4 rings (SSSR count). The molecule has 2 fully saturated rings. The predicted octanol–water partition coefficient (Wildman–Crippen LogP) is 3.42. The second kappa shape index (κ2) is 9.74. The molecule has 2 aliphatic rings. The molecule has 0 spiro atoms. The Morgan fingerprint density at radius 3 is 2.72 bits per heavy atom. The maximum Gasteiger partial charge on any atom is 0.134 e. The number of nitrogens with zero attached hydrogens (tertiary/aromatic N) is 4. The quantitative estimate of drug-likeness (QED) is 0.722. The Kier molecular flexibility index (Phi) is 6.85. The van der Waals surface area contributed by atoms with Gasteiger partial charge in [0.25, 0.3) is 0 Å². The van der Waals surface area contributed by atoms with Crippen LogP contribution in [0.2, 0.25) is 5.02 Å². The summed E-state index contributed by atoms with van der Waals surface area (Å²) in [7, 11) is 0. The lowest BCUT2D eigenvalue weighted by atomic mass is 9.96. The molecule has 7 heteroatoms. The predicted molar refractivity (Wildman–Crippen MR) is 117 cm³/mol. The molecule has 0 bridgehead atoms. The van der Waals surface area contributed by atoms with E-state index in [1.807, 2.05) is 18.2 Å². The molecule has 156 valence electrons. The van der Waals surface area contributed by atoms with E-state index in [9.17, 15) is 5.11 Å². The lowest BCUT2D eigenvalue weighted by Gasteiger charge is -2.32. The molecule has 2 N–H and O–H groups in total. The molecule has 6 nitrogen and oxygen atoms in total. The van der Waals surface area contributed by atoms with Gasteiger partial charge in [0, 0.05) is 30.7 Å². The number of piperidine rings is 1. The number of aliphatic hydroxyl groups is 1.